The Morgan fingerprint density at radius 2 is 1.40 bits per heavy atom. The molecule has 208 valence electrons. The first-order valence-electron chi connectivity index (χ1n) is 15.1. The van der Waals surface area contributed by atoms with E-state index in [-0.39, 0.29) is 0 Å². The summed E-state index contributed by atoms with van der Waals surface area (Å²) in [5, 5.41) is 9.92. The molecule has 0 N–H and O–H groups in total. The SMILES string of the molecule is c1cc2c3c(c1)-n1c4ccccc4c4ccc[n+](c41)C31c3c(cccc3-n3nc(-c4ccc5oc6ccccc6c5c4)c[n+]31)O2. The molecule has 0 fully saturated rings. The largest absolute Gasteiger partial charge is 0.456 e. The van der Waals surface area contributed by atoms with E-state index in [4.69, 9.17) is 14.3 Å². The van der Waals surface area contributed by atoms with Gasteiger partial charge in [0.05, 0.1) is 16.7 Å². The van der Waals surface area contributed by atoms with Crippen molar-refractivity contribution in [2.45, 2.75) is 5.66 Å². The zero-order valence-corrected chi connectivity index (χ0v) is 23.7. The number of hydrogen-bond acceptors (Lipinski definition) is 3. The molecule has 1 unspecified atom stereocenters. The average molecular weight is 580 g/mol. The molecule has 9 aromatic rings. The Balaban J connectivity index is 1.23. The van der Waals surface area contributed by atoms with Crippen molar-refractivity contribution < 1.29 is 18.4 Å². The molecule has 7 nitrogen and oxygen atoms in total. The van der Waals surface area contributed by atoms with Gasteiger partial charge in [-0.3, -0.25) is 0 Å². The topological polar surface area (TPSA) is 52.9 Å². The Kier molecular flexibility index (Phi) is 3.62. The number of hydrogen-bond donors (Lipinski definition) is 0. The van der Waals surface area contributed by atoms with Crippen LogP contribution < -0.4 is 14.0 Å². The van der Waals surface area contributed by atoms with Crippen LogP contribution >= 0.6 is 0 Å². The monoisotopic (exact) mass is 579 g/mol. The van der Waals surface area contributed by atoms with Gasteiger partial charge in [0.1, 0.15) is 50.7 Å². The minimum atomic E-state index is -0.752. The molecule has 45 heavy (non-hydrogen) atoms. The van der Waals surface area contributed by atoms with Gasteiger partial charge in [0.25, 0.3) is 5.65 Å². The number of benzene rings is 5. The molecule has 0 amide bonds. The lowest BCUT2D eigenvalue weighted by Crippen LogP contribution is -2.76. The predicted octanol–water partition coefficient (Wildman–Crippen LogP) is 7.14. The highest BCUT2D eigenvalue weighted by Gasteiger charge is 2.66. The second-order valence-electron chi connectivity index (χ2n) is 12.1. The summed E-state index contributed by atoms with van der Waals surface area (Å²) in [5.41, 5.74) is 9.55. The standard InChI is InChI=1S/C38H21N5O2/c1-3-11-28-23(8-1)25-10-7-19-40-37(25)42(28)29-12-5-15-33-35(29)38(40)36-30(13-6-16-34(36)45-33)43-39-27(21-41(38)43)22-17-18-32-26(20-22)24-9-2-4-14-31(24)44-32/h1-21H/q+2. The summed E-state index contributed by atoms with van der Waals surface area (Å²) in [4.78, 5) is 2.06. The molecular formula is C38H21N5O2+2. The van der Waals surface area contributed by atoms with Gasteiger partial charge in [-0.05, 0) is 77.6 Å². The second-order valence-corrected chi connectivity index (χ2v) is 12.1. The van der Waals surface area contributed by atoms with Crippen LogP contribution in [0.1, 0.15) is 11.1 Å². The molecule has 0 bridgehead atoms. The highest BCUT2D eigenvalue weighted by molar-refractivity contribution is 6.08. The highest BCUT2D eigenvalue weighted by atomic mass is 16.5. The van der Waals surface area contributed by atoms with E-state index in [1.54, 1.807) is 0 Å². The maximum absolute atomic E-state index is 6.71. The van der Waals surface area contributed by atoms with Crippen LogP contribution in [0.2, 0.25) is 0 Å². The summed E-state index contributed by atoms with van der Waals surface area (Å²) in [6.45, 7) is 0. The van der Waals surface area contributed by atoms with E-state index in [1.165, 1.54) is 16.3 Å². The summed E-state index contributed by atoms with van der Waals surface area (Å²) in [7, 11) is 0. The molecule has 5 aromatic carbocycles. The first-order valence-corrected chi connectivity index (χ1v) is 15.1. The van der Waals surface area contributed by atoms with Gasteiger partial charge >= 0.3 is 5.66 Å². The fourth-order valence-electron chi connectivity index (χ4n) is 8.31. The van der Waals surface area contributed by atoms with E-state index in [1.807, 2.05) is 12.1 Å². The third-order valence-electron chi connectivity index (χ3n) is 10.00. The summed E-state index contributed by atoms with van der Waals surface area (Å²) in [6, 6.07) is 40.3. The number of aromatic nitrogens is 5. The van der Waals surface area contributed by atoms with Crippen LogP contribution in [-0.4, -0.2) is 14.5 Å². The Bertz CT molecular complexity index is 2820. The molecule has 0 saturated heterocycles. The van der Waals surface area contributed by atoms with Gasteiger partial charge in [-0.25, -0.2) is 0 Å². The van der Waals surface area contributed by atoms with E-state index in [0.717, 1.165) is 72.8 Å². The minimum Gasteiger partial charge on any atom is -0.456 e. The van der Waals surface area contributed by atoms with Crippen LogP contribution in [0.5, 0.6) is 11.5 Å². The summed E-state index contributed by atoms with van der Waals surface area (Å²) in [6.07, 6.45) is 4.41. The van der Waals surface area contributed by atoms with Gasteiger partial charge in [-0.15, -0.1) is 0 Å². The number of pyridine rings is 1. The molecule has 1 spiro atoms. The number of ether oxygens (including phenoxy) is 1. The Labute approximate surface area is 254 Å². The smallest absolute Gasteiger partial charge is 0.337 e. The summed E-state index contributed by atoms with van der Waals surface area (Å²) < 4.78 is 20.0. The number of nitrogens with zero attached hydrogens (tertiary/aromatic N) is 5. The molecule has 3 aliphatic heterocycles. The van der Waals surface area contributed by atoms with Crippen molar-refractivity contribution in [3.05, 3.63) is 139 Å². The maximum Gasteiger partial charge on any atom is 0.337 e. The highest BCUT2D eigenvalue weighted by Crippen LogP contribution is 2.54. The zero-order valence-electron chi connectivity index (χ0n) is 23.7. The number of rotatable bonds is 1. The van der Waals surface area contributed by atoms with Gasteiger partial charge in [-0.1, -0.05) is 47.1 Å². The third kappa shape index (κ3) is 2.37. The van der Waals surface area contributed by atoms with Crippen molar-refractivity contribution >= 4 is 43.9 Å². The average Bonchev–Trinajstić information content (AvgIpc) is 3.83. The summed E-state index contributed by atoms with van der Waals surface area (Å²) in [5.74, 6) is 1.69. The van der Waals surface area contributed by atoms with Gasteiger partial charge in [0.15, 0.2) is 6.20 Å². The molecular weight excluding hydrogens is 558 g/mol. The molecule has 0 aliphatic carbocycles. The second kappa shape index (κ2) is 7.29. The van der Waals surface area contributed by atoms with Crippen molar-refractivity contribution in [1.29, 1.82) is 0 Å². The Hall–Kier alpha value is -6.21. The van der Waals surface area contributed by atoms with Gasteiger partial charge < -0.3 is 9.15 Å². The normalized spacial score (nSPS) is 16.7. The lowest BCUT2D eigenvalue weighted by Gasteiger charge is -2.35. The number of para-hydroxylation sites is 2. The Morgan fingerprint density at radius 3 is 2.31 bits per heavy atom. The zero-order chi connectivity index (χ0) is 29.0. The fourth-order valence-corrected chi connectivity index (χ4v) is 8.31. The van der Waals surface area contributed by atoms with Crippen LogP contribution in [-0.2, 0) is 5.66 Å². The first kappa shape index (κ1) is 22.3. The molecule has 7 heterocycles. The van der Waals surface area contributed by atoms with Gasteiger partial charge in [0.2, 0.25) is 5.69 Å². The molecule has 0 radical (unpaired) electrons. The lowest BCUT2D eigenvalue weighted by molar-refractivity contribution is -0.989. The molecule has 0 saturated carbocycles. The molecule has 7 heteroatoms. The Morgan fingerprint density at radius 1 is 0.644 bits per heavy atom. The first-order chi connectivity index (χ1) is 22.3. The van der Waals surface area contributed by atoms with E-state index >= 15 is 0 Å². The molecule has 12 rings (SSSR count). The lowest BCUT2D eigenvalue weighted by atomic mass is 9.84. The predicted molar refractivity (Wildman–Crippen MR) is 169 cm³/mol. The molecule has 4 aromatic heterocycles. The van der Waals surface area contributed by atoms with Crippen molar-refractivity contribution in [2.75, 3.05) is 0 Å². The van der Waals surface area contributed by atoms with Crippen molar-refractivity contribution in [1.82, 2.24) is 14.5 Å². The summed E-state index contributed by atoms with van der Waals surface area (Å²) >= 11 is 0. The fraction of sp³-hybridized carbons (Fsp3) is 0.0263. The van der Waals surface area contributed by atoms with Crippen molar-refractivity contribution in [3.8, 4) is 34.1 Å². The van der Waals surface area contributed by atoms with E-state index in [0.29, 0.717) is 0 Å². The van der Waals surface area contributed by atoms with Crippen LogP contribution in [0.3, 0.4) is 0 Å². The van der Waals surface area contributed by atoms with E-state index in [2.05, 4.69) is 134 Å². The van der Waals surface area contributed by atoms with Crippen LogP contribution in [0.25, 0.3) is 66.5 Å². The quantitative estimate of drug-likeness (QED) is 0.194. The molecule has 1 atom stereocenters. The van der Waals surface area contributed by atoms with Crippen molar-refractivity contribution in [2.24, 2.45) is 0 Å². The van der Waals surface area contributed by atoms with Crippen molar-refractivity contribution in [3.63, 3.8) is 0 Å². The van der Waals surface area contributed by atoms with Crippen LogP contribution in [0.15, 0.2) is 132 Å². The molecule has 3 aliphatic rings. The number of furan rings is 1. The minimum absolute atomic E-state index is 0.752. The van der Waals surface area contributed by atoms with Gasteiger partial charge in [-0.2, -0.15) is 9.13 Å². The van der Waals surface area contributed by atoms with E-state index in [9.17, 15) is 0 Å². The third-order valence-corrected chi connectivity index (χ3v) is 10.00. The maximum atomic E-state index is 6.71. The van der Waals surface area contributed by atoms with Gasteiger partial charge in [0, 0.05) is 21.7 Å². The van der Waals surface area contributed by atoms with E-state index < -0.39 is 5.66 Å². The number of fused-ring (bicyclic) bond motifs is 9. The van der Waals surface area contributed by atoms with Crippen LogP contribution in [0.4, 0.5) is 0 Å². The van der Waals surface area contributed by atoms with Crippen LogP contribution in [0, 0.1) is 0 Å².